The zero-order valence-electron chi connectivity index (χ0n) is 16.1. The predicted octanol–water partition coefficient (Wildman–Crippen LogP) is 2.95. The van der Waals surface area contributed by atoms with Crippen molar-refractivity contribution in [2.24, 2.45) is 0 Å². The van der Waals surface area contributed by atoms with Crippen molar-refractivity contribution in [2.75, 3.05) is 13.1 Å². The largest absolute Gasteiger partial charge is 0.339 e. The third kappa shape index (κ3) is 3.05. The number of carbonyl (C=O) groups is 1. The molecule has 1 amide bonds. The first-order valence-electron chi connectivity index (χ1n) is 10.0. The fourth-order valence-electron chi connectivity index (χ4n) is 4.69. The van der Waals surface area contributed by atoms with Crippen LogP contribution < -0.4 is 5.56 Å². The summed E-state index contributed by atoms with van der Waals surface area (Å²) in [5, 5.41) is 0. The second kappa shape index (κ2) is 6.95. The van der Waals surface area contributed by atoms with E-state index < -0.39 is 0 Å². The van der Waals surface area contributed by atoms with E-state index in [1.54, 1.807) is 24.5 Å². The summed E-state index contributed by atoms with van der Waals surface area (Å²) < 4.78 is 0. The summed E-state index contributed by atoms with van der Waals surface area (Å²) in [5.41, 5.74) is 3.21. The van der Waals surface area contributed by atoms with Crippen LogP contribution in [-0.2, 0) is 11.8 Å². The lowest BCUT2D eigenvalue weighted by Gasteiger charge is -2.39. The van der Waals surface area contributed by atoms with Gasteiger partial charge in [-0.3, -0.25) is 14.6 Å². The molecule has 1 N–H and O–H groups in total. The number of aromatic nitrogens is 3. The van der Waals surface area contributed by atoms with Gasteiger partial charge in [0.1, 0.15) is 5.82 Å². The number of rotatable bonds is 2. The van der Waals surface area contributed by atoms with Gasteiger partial charge in [0.25, 0.3) is 11.5 Å². The number of hydrogen-bond acceptors (Lipinski definition) is 4. The van der Waals surface area contributed by atoms with Crippen molar-refractivity contribution in [2.45, 2.75) is 31.1 Å². The lowest BCUT2D eigenvalue weighted by atomic mass is 9.76. The summed E-state index contributed by atoms with van der Waals surface area (Å²) in [4.78, 5) is 39.3. The summed E-state index contributed by atoms with van der Waals surface area (Å²) >= 11 is 0. The molecule has 0 radical (unpaired) electrons. The first kappa shape index (κ1) is 17.8. The highest BCUT2D eigenvalue weighted by molar-refractivity contribution is 5.94. The van der Waals surface area contributed by atoms with Crippen molar-refractivity contribution < 1.29 is 4.79 Å². The molecule has 3 heterocycles. The van der Waals surface area contributed by atoms with E-state index in [1.807, 2.05) is 35.2 Å². The maximum atomic E-state index is 12.8. The molecule has 2 aromatic heterocycles. The number of carbonyl (C=O) groups excluding carboxylic acids is 1. The van der Waals surface area contributed by atoms with E-state index in [2.05, 4.69) is 9.97 Å². The van der Waals surface area contributed by atoms with E-state index in [1.165, 1.54) is 0 Å². The minimum atomic E-state index is -0.109. The van der Waals surface area contributed by atoms with Crippen molar-refractivity contribution in [3.05, 3.63) is 82.0 Å². The molecule has 1 aliphatic heterocycles. The van der Waals surface area contributed by atoms with Gasteiger partial charge < -0.3 is 9.88 Å². The van der Waals surface area contributed by atoms with Crippen molar-refractivity contribution in [3.63, 3.8) is 0 Å². The number of likely N-dealkylation sites (tertiary alicyclic amines) is 1. The molecule has 1 spiro atoms. The van der Waals surface area contributed by atoms with Crippen LogP contribution in [0, 0.1) is 0 Å². The minimum Gasteiger partial charge on any atom is -0.339 e. The number of nitrogens with one attached hydrogen (secondary N) is 1. The average Bonchev–Trinajstić information content (AvgIpc) is 3.13. The summed E-state index contributed by atoms with van der Waals surface area (Å²) in [7, 11) is 0. The molecule has 0 unspecified atom stereocenters. The standard InChI is InChI=1S/C23H22N4O2/c28-21-18-6-9-23(19(18)25-20(26-21)16-4-2-1-3-5-16)10-14-27(15-11-23)22(29)17-7-12-24-13-8-17/h1-5,7-8,12-13H,6,9-11,14-15H2,(H,25,26,28). The number of fused-ring (bicyclic) bond motifs is 2. The average molecular weight is 386 g/mol. The summed E-state index contributed by atoms with van der Waals surface area (Å²) in [6, 6.07) is 13.3. The van der Waals surface area contributed by atoms with Crippen LogP contribution in [0.2, 0.25) is 0 Å². The van der Waals surface area contributed by atoms with Crippen molar-refractivity contribution >= 4 is 5.91 Å². The van der Waals surface area contributed by atoms with Crippen LogP contribution in [0.3, 0.4) is 0 Å². The monoisotopic (exact) mass is 386 g/mol. The molecule has 1 fully saturated rings. The van der Waals surface area contributed by atoms with Gasteiger partial charge >= 0.3 is 0 Å². The Morgan fingerprint density at radius 2 is 1.72 bits per heavy atom. The van der Waals surface area contributed by atoms with Crippen LogP contribution in [0.4, 0.5) is 0 Å². The van der Waals surface area contributed by atoms with Gasteiger partial charge in [-0.15, -0.1) is 0 Å². The van der Waals surface area contributed by atoms with Crippen LogP contribution in [0.15, 0.2) is 59.7 Å². The highest BCUT2D eigenvalue weighted by atomic mass is 16.2. The molecule has 1 saturated heterocycles. The number of pyridine rings is 1. The number of piperidine rings is 1. The van der Waals surface area contributed by atoms with Gasteiger partial charge in [0.2, 0.25) is 0 Å². The zero-order chi connectivity index (χ0) is 19.8. The first-order valence-corrected chi connectivity index (χ1v) is 10.0. The SMILES string of the molecule is O=C(c1ccncc1)N1CCC2(CCc3c2nc(-c2ccccc2)[nH]c3=O)CC1. The Labute approximate surface area is 168 Å². The highest BCUT2D eigenvalue weighted by Crippen LogP contribution is 2.44. The highest BCUT2D eigenvalue weighted by Gasteiger charge is 2.44. The first-order chi connectivity index (χ1) is 14.2. The molecule has 5 rings (SSSR count). The molecule has 146 valence electrons. The zero-order valence-corrected chi connectivity index (χ0v) is 16.1. The number of nitrogens with zero attached hydrogens (tertiary/aromatic N) is 3. The summed E-state index contributed by atoms with van der Waals surface area (Å²) in [6.07, 6.45) is 6.64. The van der Waals surface area contributed by atoms with Gasteiger partial charge in [0, 0.05) is 47.6 Å². The van der Waals surface area contributed by atoms with E-state index in [-0.39, 0.29) is 16.9 Å². The fraction of sp³-hybridized carbons (Fsp3) is 0.304. The van der Waals surface area contributed by atoms with Gasteiger partial charge in [0.15, 0.2) is 0 Å². The van der Waals surface area contributed by atoms with Crippen molar-refractivity contribution in [1.29, 1.82) is 0 Å². The van der Waals surface area contributed by atoms with E-state index in [0.29, 0.717) is 24.5 Å². The smallest absolute Gasteiger partial charge is 0.254 e. The van der Waals surface area contributed by atoms with E-state index in [9.17, 15) is 9.59 Å². The van der Waals surface area contributed by atoms with Gasteiger partial charge in [-0.1, -0.05) is 30.3 Å². The van der Waals surface area contributed by atoms with Crippen LogP contribution >= 0.6 is 0 Å². The Kier molecular flexibility index (Phi) is 4.27. The topological polar surface area (TPSA) is 79.0 Å². The second-order valence-corrected chi connectivity index (χ2v) is 7.92. The Balaban J connectivity index is 1.43. The number of H-pyrrole nitrogens is 1. The lowest BCUT2D eigenvalue weighted by molar-refractivity contribution is 0.0663. The maximum Gasteiger partial charge on any atom is 0.254 e. The van der Waals surface area contributed by atoms with E-state index >= 15 is 0 Å². The molecule has 0 bridgehead atoms. The van der Waals surface area contributed by atoms with Gasteiger partial charge in [-0.2, -0.15) is 0 Å². The molecule has 1 aromatic carbocycles. The Morgan fingerprint density at radius 3 is 2.45 bits per heavy atom. The van der Waals surface area contributed by atoms with Crippen LogP contribution in [-0.4, -0.2) is 38.8 Å². The second-order valence-electron chi connectivity index (χ2n) is 7.92. The van der Waals surface area contributed by atoms with Crippen LogP contribution in [0.1, 0.15) is 40.9 Å². The molecule has 1 aliphatic carbocycles. The number of amides is 1. The molecule has 6 nitrogen and oxygen atoms in total. The maximum absolute atomic E-state index is 12.8. The minimum absolute atomic E-state index is 0.0268. The Bertz CT molecular complexity index is 1100. The molecule has 2 aliphatic rings. The molecule has 29 heavy (non-hydrogen) atoms. The van der Waals surface area contributed by atoms with E-state index in [4.69, 9.17) is 4.98 Å². The molecular weight excluding hydrogens is 364 g/mol. The normalized spacial score (nSPS) is 17.3. The Hall–Kier alpha value is -3.28. The quantitative estimate of drug-likeness (QED) is 0.734. The van der Waals surface area contributed by atoms with Gasteiger partial charge in [-0.05, 0) is 37.8 Å². The number of aromatic amines is 1. The van der Waals surface area contributed by atoms with Gasteiger partial charge in [-0.25, -0.2) is 4.98 Å². The van der Waals surface area contributed by atoms with Crippen LogP contribution in [0.25, 0.3) is 11.4 Å². The molecule has 0 atom stereocenters. The summed E-state index contributed by atoms with van der Waals surface area (Å²) in [6.45, 7) is 1.35. The predicted molar refractivity (Wildman–Crippen MR) is 110 cm³/mol. The van der Waals surface area contributed by atoms with Crippen molar-refractivity contribution in [1.82, 2.24) is 19.9 Å². The number of hydrogen-bond donors (Lipinski definition) is 1. The molecule has 6 heteroatoms. The third-order valence-electron chi connectivity index (χ3n) is 6.35. The van der Waals surface area contributed by atoms with Crippen LogP contribution in [0.5, 0.6) is 0 Å². The molecule has 0 saturated carbocycles. The molecular formula is C23H22N4O2. The third-order valence-corrected chi connectivity index (χ3v) is 6.35. The number of benzene rings is 1. The Morgan fingerprint density at radius 1 is 1.00 bits per heavy atom. The van der Waals surface area contributed by atoms with E-state index in [0.717, 1.165) is 42.5 Å². The lowest BCUT2D eigenvalue weighted by Crippen LogP contribution is -2.44. The van der Waals surface area contributed by atoms with Gasteiger partial charge in [0.05, 0.1) is 5.69 Å². The van der Waals surface area contributed by atoms with Crippen molar-refractivity contribution in [3.8, 4) is 11.4 Å². The fourth-order valence-corrected chi connectivity index (χ4v) is 4.69. The molecule has 3 aromatic rings. The summed E-state index contributed by atoms with van der Waals surface area (Å²) in [5.74, 6) is 0.676.